The van der Waals surface area contributed by atoms with Crippen molar-refractivity contribution >= 4 is 5.69 Å². The molecule has 1 unspecified atom stereocenters. The first-order valence-electron chi connectivity index (χ1n) is 6.74. The second-order valence-electron chi connectivity index (χ2n) is 4.83. The van der Waals surface area contributed by atoms with Gasteiger partial charge in [0.15, 0.2) is 11.5 Å². The molecule has 1 rings (SSSR count). The molecule has 20 heavy (non-hydrogen) atoms. The van der Waals surface area contributed by atoms with Crippen LogP contribution in [0, 0.1) is 10.1 Å². The van der Waals surface area contributed by atoms with Gasteiger partial charge in [-0.05, 0) is 12.5 Å². The van der Waals surface area contributed by atoms with Gasteiger partial charge in [0.05, 0.1) is 44.4 Å². The Balaban J connectivity index is 3.06. The summed E-state index contributed by atoms with van der Waals surface area (Å²) in [5.41, 5.74) is 0.750. The van der Waals surface area contributed by atoms with Crippen molar-refractivity contribution in [2.75, 3.05) is 27.8 Å². The summed E-state index contributed by atoms with van der Waals surface area (Å²) in [4.78, 5) is 12.1. The molecule has 6 nitrogen and oxygen atoms in total. The molecule has 112 valence electrons. The zero-order valence-corrected chi connectivity index (χ0v) is 12.6. The van der Waals surface area contributed by atoms with Crippen LogP contribution in [0.15, 0.2) is 12.1 Å². The fraction of sp³-hybridized carbons (Fsp3) is 0.571. The van der Waals surface area contributed by atoms with Crippen LogP contribution in [0.5, 0.6) is 11.5 Å². The van der Waals surface area contributed by atoms with Crippen LogP contribution in [0.3, 0.4) is 0 Å². The smallest absolute Gasteiger partial charge is 0.282 e. The molecular formula is C14H23N2O4+. The summed E-state index contributed by atoms with van der Waals surface area (Å²) in [5, 5.41) is 11.2. The highest BCUT2D eigenvalue weighted by Gasteiger charge is 2.21. The molecule has 0 saturated heterocycles. The van der Waals surface area contributed by atoms with Gasteiger partial charge in [0.1, 0.15) is 6.54 Å². The van der Waals surface area contributed by atoms with E-state index in [1.165, 1.54) is 25.2 Å². The maximum absolute atomic E-state index is 11.2. The highest BCUT2D eigenvalue weighted by molar-refractivity contribution is 5.53. The Kier molecular flexibility index (Phi) is 6.24. The van der Waals surface area contributed by atoms with Crippen LogP contribution in [-0.4, -0.2) is 32.7 Å². The number of nitrogens with zero attached hydrogens (tertiary/aromatic N) is 1. The predicted octanol–water partition coefficient (Wildman–Crippen LogP) is 1.43. The van der Waals surface area contributed by atoms with Gasteiger partial charge in [0, 0.05) is 0 Å². The Hall–Kier alpha value is -1.82. The molecular weight excluding hydrogens is 260 g/mol. The normalized spacial score (nSPS) is 12.0. The van der Waals surface area contributed by atoms with E-state index in [4.69, 9.17) is 9.47 Å². The third-order valence-electron chi connectivity index (χ3n) is 3.23. The van der Waals surface area contributed by atoms with Gasteiger partial charge in [0.25, 0.3) is 5.69 Å². The van der Waals surface area contributed by atoms with Crippen LogP contribution in [0.1, 0.15) is 25.3 Å². The molecule has 0 aliphatic heterocycles. The lowest BCUT2D eigenvalue weighted by Crippen LogP contribution is -3.07. The average molecular weight is 283 g/mol. The van der Waals surface area contributed by atoms with Gasteiger partial charge in [-0.15, -0.1) is 0 Å². The number of nitro benzene ring substituents is 1. The van der Waals surface area contributed by atoms with Gasteiger partial charge in [-0.2, -0.15) is 0 Å². The molecule has 1 atom stereocenters. The maximum atomic E-state index is 11.2. The van der Waals surface area contributed by atoms with Crippen molar-refractivity contribution in [1.29, 1.82) is 0 Å². The van der Waals surface area contributed by atoms with Gasteiger partial charge in [-0.1, -0.05) is 13.3 Å². The fourth-order valence-electron chi connectivity index (χ4n) is 2.11. The van der Waals surface area contributed by atoms with E-state index < -0.39 is 0 Å². The van der Waals surface area contributed by atoms with E-state index in [0.29, 0.717) is 23.6 Å². The minimum absolute atomic E-state index is 0.0819. The fourth-order valence-corrected chi connectivity index (χ4v) is 2.11. The zero-order chi connectivity index (χ0) is 15.1. The summed E-state index contributed by atoms with van der Waals surface area (Å²) in [6, 6.07) is 3.13. The van der Waals surface area contributed by atoms with E-state index in [0.717, 1.165) is 19.4 Å². The second kappa shape index (κ2) is 7.69. The SMILES string of the molecule is CCCC[NH+](C)Cc1cc(OC)c(OC)cc1[N+](=O)[O-]. The molecule has 0 spiro atoms. The number of methoxy groups -OCH3 is 2. The number of hydrogen-bond donors (Lipinski definition) is 1. The van der Waals surface area contributed by atoms with Crippen LogP contribution in [-0.2, 0) is 6.54 Å². The van der Waals surface area contributed by atoms with Gasteiger partial charge in [-0.25, -0.2) is 0 Å². The Morgan fingerprint density at radius 2 is 1.85 bits per heavy atom. The zero-order valence-electron chi connectivity index (χ0n) is 12.6. The molecule has 0 radical (unpaired) electrons. The minimum Gasteiger partial charge on any atom is -0.493 e. The summed E-state index contributed by atoms with van der Waals surface area (Å²) >= 11 is 0. The molecule has 0 heterocycles. The lowest BCUT2D eigenvalue weighted by molar-refractivity contribution is -0.894. The number of ether oxygens (including phenoxy) is 2. The Labute approximate surface area is 119 Å². The van der Waals surface area contributed by atoms with Crippen molar-refractivity contribution in [2.24, 2.45) is 0 Å². The molecule has 0 amide bonds. The van der Waals surface area contributed by atoms with E-state index in [9.17, 15) is 10.1 Å². The summed E-state index contributed by atoms with van der Waals surface area (Å²) in [5.74, 6) is 0.908. The summed E-state index contributed by atoms with van der Waals surface area (Å²) in [6.45, 7) is 3.71. The molecule has 0 aromatic heterocycles. The summed E-state index contributed by atoms with van der Waals surface area (Å²) < 4.78 is 10.3. The summed E-state index contributed by atoms with van der Waals surface area (Å²) in [6.07, 6.45) is 2.22. The number of nitro groups is 1. The van der Waals surface area contributed by atoms with Gasteiger partial charge in [0.2, 0.25) is 0 Å². The molecule has 6 heteroatoms. The number of quaternary nitrogens is 1. The third kappa shape index (κ3) is 4.09. The van der Waals surface area contributed by atoms with Crippen molar-refractivity contribution in [1.82, 2.24) is 0 Å². The number of rotatable bonds is 8. The van der Waals surface area contributed by atoms with Crippen LogP contribution in [0.25, 0.3) is 0 Å². The maximum Gasteiger partial charge on any atom is 0.282 e. The van der Waals surface area contributed by atoms with Gasteiger partial charge >= 0.3 is 0 Å². The predicted molar refractivity (Wildman–Crippen MR) is 76.6 cm³/mol. The van der Waals surface area contributed by atoms with Crippen LogP contribution < -0.4 is 14.4 Å². The first-order valence-corrected chi connectivity index (χ1v) is 6.74. The Morgan fingerprint density at radius 1 is 1.25 bits per heavy atom. The molecule has 1 aromatic carbocycles. The van der Waals surface area contributed by atoms with Crippen molar-refractivity contribution in [3.63, 3.8) is 0 Å². The second-order valence-corrected chi connectivity index (χ2v) is 4.83. The van der Waals surface area contributed by atoms with Crippen LogP contribution >= 0.6 is 0 Å². The minimum atomic E-state index is -0.371. The van der Waals surface area contributed by atoms with E-state index in [2.05, 4.69) is 6.92 Å². The van der Waals surface area contributed by atoms with Crippen molar-refractivity contribution in [3.05, 3.63) is 27.8 Å². The molecule has 0 aliphatic rings. The average Bonchev–Trinajstić information content (AvgIpc) is 2.44. The van der Waals surface area contributed by atoms with Crippen LogP contribution in [0.4, 0.5) is 5.69 Å². The third-order valence-corrected chi connectivity index (χ3v) is 3.23. The molecule has 1 aromatic rings. The van der Waals surface area contributed by atoms with Crippen LogP contribution in [0.2, 0.25) is 0 Å². The van der Waals surface area contributed by atoms with E-state index in [1.54, 1.807) is 6.07 Å². The Bertz CT molecular complexity index is 463. The molecule has 0 saturated carbocycles. The quantitative estimate of drug-likeness (QED) is 0.579. The monoisotopic (exact) mass is 283 g/mol. The summed E-state index contributed by atoms with van der Waals surface area (Å²) in [7, 11) is 5.04. The number of benzene rings is 1. The van der Waals surface area contributed by atoms with E-state index in [-0.39, 0.29) is 10.6 Å². The first kappa shape index (κ1) is 16.2. The molecule has 0 aliphatic carbocycles. The molecule has 0 bridgehead atoms. The molecule has 0 fully saturated rings. The van der Waals surface area contributed by atoms with Crippen molar-refractivity contribution in [3.8, 4) is 11.5 Å². The van der Waals surface area contributed by atoms with Crippen molar-refractivity contribution in [2.45, 2.75) is 26.3 Å². The van der Waals surface area contributed by atoms with E-state index in [1.807, 2.05) is 7.05 Å². The number of hydrogen-bond acceptors (Lipinski definition) is 4. The highest BCUT2D eigenvalue weighted by atomic mass is 16.6. The standard InChI is InChI=1S/C14H22N2O4/c1-5-6-7-15(2)10-11-8-13(19-3)14(20-4)9-12(11)16(17)18/h8-9H,5-7,10H2,1-4H3/p+1. The van der Waals surface area contributed by atoms with Gasteiger partial charge < -0.3 is 14.4 Å². The highest BCUT2D eigenvalue weighted by Crippen LogP contribution is 2.34. The van der Waals surface area contributed by atoms with Crippen molar-refractivity contribution < 1.29 is 19.3 Å². The van der Waals surface area contributed by atoms with E-state index >= 15 is 0 Å². The number of nitrogens with one attached hydrogen (secondary N) is 1. The largest absolute Gasteiger partial charge is 0.493 e. The Morgan fingerprint density at radius 3 is 2.35 bits per heavy atom. The lowest BCUT2D eigenvalue weighted by Gasteiger charge is -2.15. The number of unbranched alkanes of at least 4 members (excludes halogenated alkanes) is 1. The lowest BCUT2D eigenvalue weighted by atomic mass is 10.1. The first-order chi connectivity index (χ1) is 9.53. The topological polar surface area (TPSA) is 66.0 Å². The van der Waals surface area contributed by atoms with Gasteiger partial charge in [-0.3, -0.25) is 10.1 Å². The molecule has 1 N–H and O–H groups in total.